The standard InChI is InChI=1S/C9H10ClN3/c1-3-5-6-7(4-2)12-9(11)13-8(6)10/h3-5H,1H2,2H3,(H2,11,12)/b6-5+,7-4+. The number of nitrogen functional groups attached to an aromatic ring is 1. The van der Waals surface area contributed by atoms with Crippen LogP contribution in [0, 0.1) is 0 Å². The number of allylic oxidation sites excluding steroid dienone is 1. The van der Waals surface area contributed by atoms with Crippen LogP contribution in [0.5, 0.6) is 0 Å². The summed E-state index contributed by atoms with van der Waals surface area (Å²) >= 11 is 5.86. The normalized spacial score (nSPS) is 13.4. The van der Waals surface area contributed by atoms with E-state index in [1.165, 1.54) is 0 Å². The molecule has 0 aliphatic rings. The average molecular weight is 196 g/mol. The highest BCUT2D eigenvalue weighted by atomic mass is 35.5. The van der Waals surface area contributed by atoms with Crippen molar-refractivity contribution in [1.29, 1.82) is 0 Å². The third-order valence-corrected chi connectivity index (χ3v) is 1.79. The van der Waals surface area contributed by atoms with Crippen molar-refractivity contribution in [3.05, 3.63) is 28.4 Å². The van der Waals surface area contributed by atoms with Crippen molar-refractivity contribution in [3.63, 3.8) is 0 Å². The third-order valence-electron chi connectivity index (χ3n) is 1.50. The molecule has 1 rings (SSSR count). The Morgan fingerprint density at radius 1 is 1.46 bits per heavy atom. The SMILES string of the molecule is C=C/C=c1/c(Cl)nc(N)n/c1=C/C. The Morgan fingerprint density at radius 3 is 2.69 bits per heavy atom. The van der Waals surface area contributed by atoms with Gasteiger partial charge in [0.25, 0.3) is 0 Å². The van der Waals surface area contributed by atoms with Crippen LogP contribution in [0.2, 0.25) is 5.15 Å². The molecule has 0 saturated heterocycles. The lowest BCUT2D eigenvalue weighted by Crippen LogP contribution is -2.31. The summed E-state index contributed by atoms with van der Waals surface area (Å²) in [7, 11) is 0. The first-order valence-corrected chi connectivity index (χ1v) is 4.15. The van der Waals surface area contributed by atoms with Crippen molar-refractivity contribution >= 4 is 29.7 Å². The van der Waals surface area contributed by atoms with E-state index in [1.54, 1.807) is 12.2 Å². The fraction of sp³-hybridized carbons (Fsp3) is 0.111. The zero-order valence-electron chi connectivity index (χ0n) is 7.29. The number of nitrogens with zero attached hydrogens (tertiary/aromatic N) is 2. The van der Waals surface area contributed by atoms with Crippen molar-refractivity contribution in [3.8, 4) is 0 Å². The van der Waals surface area contributed by atoms with Crippen LogP contribution in [-0.2, 0) is 0 Å². The van der Waals surface area contributed by atoms with Crippen molar-refractivity contribution in [2.24, 2.45) is 0 Å². The molecule has 0 spiro atoms. The second-order valence-electron chi connectivity index (χ2n) is 2.36. The number of hydrogen-bond donors (Lipinski definition) is 1. The fourth-order valence-corrected chi connectivity index (χ4v) is 1.21. The van der Waals surface area contributed by atoms with Crippen LogP contribution in [0.3, 0.4) is 0 Å². The van der Waals surface area contributed by atoms with Crippen LogP contribution in [0.25, 0.3) is 12.2 Å². The second-order valence-corrected chi connectivity index (χ2v) is 2.72. The molecule has 0 unspecified atom stereocenters. The van der Waals surface area contributed by atoms with Crippen molar-refractivity contribution in [1.82, 2.24) is 9.97 Å². The molecule has 0 atom stereocenters. The molecule has 1 heterocycles. The van der Waals surface area contributed by atoms with Gasteiger partial charge in [0.05, 0.1) is 5.35 Å². The first-order valence-electron chi connectivity index (χ1n) is 3.77. The van der Waals surface area contributed by atoms with Gasteiger partial charge in [-0.2, -0.15) is 0 Å². The Morgan fingerprint density at radius 2 is 2.15 bits per heavy atom. The summed E-state index contributed by atoms with van der Waals surface area (Å²) in [5.41, 5.74) is 5.43. The highest BCUT2D eigenvalue weighted by molar-refractivity contribution is 6.29. The van der Waals surface area contributed by atoms with E-state index in [9.17, 15) is 0 Å². The minimum absolute atomic E-state index is 0.180. The van der Waals surface area contributed by atoms with Gasteiger partial charge in [0.1, 0.15) is 5.15 Å². The van der Waals surface area contributed by atoms with Gasteiger partial charge in [-0.15, -0.1) is 0 Å². The highest BCUT2D eigenvalue weighted by Gasteiger charge is 1.97. The quantitative estimate of drug-likeness (QED) is 0.664. The highest BCUT2D eigenvalue weighted by Crippen LogP contribution is 1.94. The number of rotatable bonds is 1. The summed E-state index contributed by atoms with van der Waals surface area (Å²) in [5.74, 6) is 0.180. The smallest absolute Gasteiger partial charge is 0.222 e. The minimum atomic E-state index is 0.180. The van der Waals surface area contributed by atoms with E-state index in [1.807, 2.05) is 13.0 Å². The lowest BCUT2D eigenvalue weighted by atomic mass is 10.3. The van der Waals surface area contributed by atoms with E-state index in [-0.39, 0.29) is 5.95 Å². The van der Waals surface area contributed by atoms with Gasteiger partial charge in [0.2, 0.25) is 5.95 Å². The molecule has 4 heteroatoms. The summed E-state index contributed by atoms with van der Waals surface area (Å²) in [4.78, 5) is 7.85. The molecular formula is C9H10ClN3. The fourth-order valence-electron chi connectivity index (χ4n) is 0.967. The topological polar surface area (TPSA) is 51.8 Å². The van der Waals surface area contributed by atoms with Crippen LogP contribution < -0.4 is 16.3 Å². The molecule has 0 aromatic carbocycles. The summed E-state index contributed by atoms with van der Waals surface area (Å²) in [5, 5.41) is 1.81. The Bertz CT molecular complexity index is 437. The first kappa shape index (κ1) is 9.74. The first-order chi connectivity index (χ1) is 6.19. The van der Waals surface area contributed by atoms with E-state index in [0.29, 0.717) is 5.15 Å². The maximum absolute atomic E-state index is 5.86. The zero-order chi connectivity index (χ0) is 9.84. The molecule has 0 fully saturated rings. The van der Waals surface area contributed by atoms with E-state index in [2.05, 4.69) is 16.5 Å². The van der Waals surface area contributed by atoms with E-state index in [4.69, 9.17) is 17.3 Å². The van der Waals surface area contributed by atoms with Gasteiger partial charge in [-0.05, 0) is 6.92 Å². The van der Waals surface area contributed by atoms with Crippen LogP contribution in [0.4, 0.5) is 5.95 Å². The Hall–Kier alpha value is -1.35. The van der Waals surface area contributed by atoms with Crippen LogP contribution in [0.1, 0.15) is 6.92 Å². The molecule has 0 saturated carbocycles. The molecule has 68 valence electrons. The predicted molar refractivity (Wildman–Crippen MR) is 55.5 cm³/mol. The van der Waals surface area contributed by atoms with Gasteiger partial charge in [0, 0.05) is 5.22 Å². The molecule has 1 aromatic rings. The number of halogens is 1. The summed E-state index contributed by atoms with van der Waals surface area (Å²) < 4.78 is 0. The second kappa shape index (κ2) is 4.05. The minimum Gasteiger partial charge on any atom is -0.368 e. The molecule has 1 aromatic heterocycles. The number of nitrogens with two attached hydrogens (primary N) is 1. The van der Waals surface area contributed by atoms with Gasteiger partial charge in [-0.1, -0.05) is 36.4 Å². The van der Waals surface area contributed by atoms with Crippen molar-refractivity contribution in [2.75, 3.05) is 5.73 Å². The van der Waals surface area contributed by atoms with Crippen molar-refractivity contribution < 1.29 is 0 Å². The number of anilines is 1. The van der Waals surface area contributed by atoms with E-state index < -0.39 is 0 Å². The monoisotopic (exact) mass is 195 g/mol. The Kier molecular flexibility index (Phi) is 3.03. The van der Waals surface area contributed by atoms with Crippen molar-refractivity contribution in [2.45, 2.75) is 6.92 Å². The maximum atomic E-state index is 5.86. The van der Waals surface area contributed by atoms with E-state index in [0.717, 1.165) is 10.6 Å². The summed E-state index contributed by atoms with van der Waals surface area (Å²) in [6.07, 6.45) is 5.20. The molecule has 0 radical (unpaired) electrons. The number of hydrogen-bond acceptors (Lipinski definition) is 3. The van der Waals surface area contributed by atoms with Gasteiger partial charge in [-0.3, -0.25) is 0 Å². The van der Waals surface area contributed by atoms with Crippen LogP contribution >= 0.6 is 11.6 Å². The molecule has 0 amide bonds. The molecule has 13 heavy (non-hydrogen) atoms. The van der Waals surface area contributed by atoms with Crippen LogP contribution in [-0.4, -0.2) is 9.97 Å². The number of aromatic nitrogens is 2. The maximum Gasteiger partial charge on any atom is 0.222 e. The molecule has 0 aliphatic heterocycles. The Balaban J connectivity index is 3.69. The molecular weight excluding hydrogens is 186 g/mol. The third kappa shape index (κ3) is 2.06. The largest absolute Gasteiger partial charge is 0.368 e. The van der Waals surface area contributed by atoms with Crippen LogP contribution in [0.15, 0.2) is 12.7 Å². The molecule has 0 aliphatic carbocycles. The molecule has 3 nitrogen and oxygen atoms in total. The zero-order valence-corrected chi connectivity index (χ0v) is 8.04. The van der Waals surface area contributed by atoms with E-state index >= 15 is 0 Å². The Labute approximate surface area is 81.3 Å². The lowest BCUT2D eigenvalue weighted by molar-refractivity contribution is 1.12. The van der Waals surface area contributed by atoms with Gasteiger partial charge in [0.15, 0.2) is 0 Å². The summed E-state index contributed by atoms with van der Waals surface area (Å²) in [6, 6.07) is 0. The summed E-state index contributed by atoms with van der Waals surface area (Å²) in [6.45, 7) is 5.44. The van der Waals surface area contributed by atoms with Gasteiger partial charge in [-0.25, -0.2) is 9.97 Å². The molecule has 0 bridgehead atoms. The average Bonchev–Trinajstić information content (AvgIpc) is 2.09. The lowest BCUT2D eigenvalue weighted by Gasteiger charge is -1.95. The predicted octanol–water partition coefficient (Wildman–Crippen LogP) is 0.479. The van der Waals surface area contributed by atoms with Gasteiger partial charge < -0.3 is 5.73 Å². The molecule has 2 N–H and O–H groups in total. The van der Waals surface area contributed by atoms with Gasteiger partial charge >= 0.3 is 0 Å².